The van der Waals surface area contributed by atoms with Crippen LogP contribution in [-0.2, 0) is 4.79 Å². The van der Waals surface area contributed by atoms with E-state index in [9.17, 15) is 18.0 Å². The number of ether oxygens (including phenoxy) is 1. The summed E-state index contributed by atoms with van der Waals surface area (Å²) >= 11 is 0. The number of benzene rings is 2. The Morgan fingerprint density at radius 3 is 2.37 bits per heavy atom. The zero-order chi connectivity index (χ0) is 19.4. The molecule has 1 amide bonds. The lowest BCUT2D eigenvalue weighted by molar-refractivity contribution is -0.114. The van der Waals surface area contributed by atoms with Crippen LogP contribution in [0.3, 0.4) is 0 Å². The van der Waals surface area contributed by atoms with E-state index < -0.39 is 23.4 Å². The number of hydrogen-bond donors (Lipinski definition) is 0. The number of carbonyl (C=O) groups is 1. The van der Waals surface area contributed by atoms with Crippen LogP contribution in [0, 0.1) is 12.3 Å². The fourth-order valence-electron chi connectivity index (χ4n) is 2.45. The van der Waals surface area contributed by atoms with Gasteiger partial charge in [-0.05, 0) is 35.9 Å². The molecule has 0 unspecified atom stereocenters. The normalized spacial score (nSPS) is 15.6. The van der Waals surface area contributed by atoms with Crippen molar-refractivity contribution >= 4 is 23.4 Å². The average molecular weight is 370 g/mol. The van der Waals surface area contributed by atoms with E-state index >= 15 is 0 Å². The van der Waals surface area contributed by atoms with Crippen molar-refractivity contribution in [2.75, 3.05) is 11.6 Å². The summed E-state index contributed by atoms with van der Waals surface area (Å²) in [5.74, 6) is 1.94. The lowest BCUT2D eigenvalue weighted by atomic mass is 10.1. The Hall–Kier alpha value is -3.53. The van der Waals surface area contributed by atoms with Crippen molar-refractivity contribution in [3.05, 3.63) is 65.7 Å². The summed E-state index contributed by atoms with van der Waals surface area (Å²) < 4.78 is 45.4. The number of carbonyl (C=O) groups excluding carboxylic acids is 1. The van der Waals surface area contributed by atoms with Crippen LogP contribution in [0.25, 0.3) is 6.08 Å². The number of amides is 1. The van der Waals surface area contributed by atoms with Gasteiger partial charge in [-0.1, -0.05) is 36.3 Å². The number of halogens is 3. The van der Waals surface area contributed by atoms with Gasteiger partial charge in [0.05, 0.1) is 11.3 Å². The van der Waals surface area contributed by atoms with E-state index in [1.807, 2.05) is 0 Å². The monoisotopic (exact) mass is 370 g/mol. The molecule has 1 aliphatic heterocycles. The van der Waals surface area contributed by atoms with E-state index in [1.165, 1.54) is 24.3 Å². The Kier molecular flexibility index (Phi) is 4.99. The number of rotatable bonds is 4. The summed E-state index contributed by atoms with van der Waals surface area (Å²) in [5.41, 5.74) is -1.10. The van der Waals surface area contributed by atoms with Gasteiger partial charge in [-0.2, -0.15) is 23.3 Å². The molecule has 0 radical (unpaired) electrons. The summed E-state index contributed by atoms with van der Waals surface area (Å²) in [7, 11) is 0. The maximum Gasteiger partial charge on any atom is 0.435 e. The molecule has 0 saturated carbocycles. The molecule has 2 aromatic rings. The minimum atomic E-state index is -4.76. The first-order chi connectivity index (χ1) is 12.9. The molecule has 1 aliphatic rings. The van der Waals surface area contributed by atoms with Gasteiger partial charge in [0.15, 0.2) is 5.71 Å². The molecule has 27 heavy (non-hydrogen) atoms. The first-order valence-corrected chi connectivity index (χ1v) is 7.84. The zero-order valence-corrected chi connectivity index (χ0v) is 13.9. The number of terminal acetylenes is 1. The molecule has 0 spiro atoms. The highest BCUT2D eigenvalue weighted by molar-refractivity contribution is 6.34. The second-order valence-electron chi connectivity index (χ2n) is 5.52. The predicted molar refractivity (Wildman–Crippen MR) is 96.2 cm³/mol. The molecule has 0 atom stereocenters. The summed E-state index contributed by atoms with van der Waals surface area (Å²) in [6.07, 6.45) is 1.49. The first kappa shape index (κ1) is 18.3. The van der Waals surface area contributed by atoms with Crippen molar-refractivity contribution in [3.8, 4) is 18.1 Å². The van der Waals surface area contributed by atoms with E-state index in [2.05, 4.69) is 11.0 Å². The third-order valence-electron chi connectivity index (χ3n) is 3.66. The topological polar surface area (TPSA) is 41.9 Å². The van der Waals surface area contributed by atoms with Crippen LogP contribution in [0.4, 0.5) is 18.9 Å². The highest BCUT2D eigenvalue weighted by atomic mass is 19.4. The van der Waals surface area contributed by atoms with Crippen molar-refractivity contribution in [2.45, 2.75) is 6.18 Å². The van der Waals surface area contributed by atoms with Crippen LogP contribution in [0.15, 0.2) is 65.3 Å². The van der Waals surface area contributed by atoms with Gasteiger partial charge in [-0.25, -0.2) is 0 Å². The van der Waals surface area contributed by atoms with Crippen molar-refractivity contribution < 1.29 is 22.7 Å². The van der Waals surface area contributed by atoms with Crippen molar-refractivity contribution in [1.29, 1.82) is 0 Å². The third-order valence-corrected chi connectivity index (χ3v) is 3.66. The molecule has 7 heteroatoms. The van der Waals surface area contributed by atoms with Gasteiger partial charge in [0, 0.05) is 0 Å². The van der Waals surface area contributed by atoms with E-state index in [0.29, 0.717) is 11.3 Å². The number of hydrazone groups is 1. The largest absolute Gasteiger partial charge is 0.481 e. The molecule has 0 aliphatic carbocycles. The Morgan fingerprint density at radius 2 is 1.78 bits per heavy atom. The second-order valence-corrected chi connectivity index (χ2v) is 5.52. The molecule has 136 valence electrons. The Balaban J connectivity index is 1.95. The predicted octanol–water partition coefficient (Wildman–Crippen LogP) is 4.05. The minimum Gasteiger partial charge on any atom is -0.481 e. The molecule has 1 heterocycles. The van der Waals surface area contributed by atoms with Gasteiger partial charge < -0.3 is 4.74 Å². The van der Waals surface area contributed by atoms with Crippen LogP contribution in [-0.4, -0.2) is 24.4 Å². The summed E-state index contributed by atoms with van der Waals surface area (Å²) in [6.45, 7) is 0.0792. The van der Waals surface area contributed by atoms with Crippen molar-refractivity contribution in [2.24, 2.45) is 5.10 Å². The Bertz CT molecular complexity index is 940. The zero-order valence-electron chi connectivity index (χ0n) is 13.9. The van der Waals surface area contributed by atoms with Crippen LogP contribution >= 0.6 is 0 Å². The molecular weight excluding hydrogens is 357 g/mol. The smallest absolute Gasteiger partial charge is 0.435 e. The van der Waals surface area contributed by atoms with Crippen LogP contribution in [0.5, 0.6) is 5.75 Å². The standard InChI is InChI=1S/C20H13F3N2O2/c1-2-12-27-16-10-8-14(9-11-16)13-17-18(20(21,22)23)24-25(19(17)26)15-6-4-3-5-7-15/h1,3-11,13H,12H2/b17-13-. The van der Waals surface area contributed by atoms with Gasteiger partial charge in [0.1, 0.15) is 12.4 Å². The Labute approximate surface area is 153 Å². The quantitative estimate of drug-likeness (QED) is 0.602. The molecule has 4 nitrogen and oxygen atoms in total. The molecular formula is C20H13F3N2O2. The van der Waals surface area contributed by atoms with Crippen molar-refractivity contribution in [3.63, 3.8) is 0 Å². The second kappa shape index (κ2) is 7.38. The summed E-state index contributed by atoms with van der Waals surface area (Å²) in [6, 6.07) is 14.1. The Morgan fingerprint density at radius 1 is 1.11 bits per heavy atom. The van der Waals surface area contributed by atoms with E-state index in [0.717, 1.165) is 11.1 Å². The first-order valence-electron chi connectivity index (χ1n) is 7.84. The van der Waals surface area contributed by atoms with E-state index in [1.54, 1.807) is 30.3 Å². The molecule has 3 rings (SSSR count). The highest BCUT2D eigenvalue weighted by Gasteiger charge is 2.46. The number of anilines is 1. The fraction of sp³-hybridized carbons (Fsp3) is 0.100. The molecule has 0 aromatic heterocycles. The molecule has 0 bridgehead atoms. The number of hydrogen-bond acceptors (Lipinski definition) is 3. The SMILES string of the molecule is C#CCOc1ccc(/C=C2\C(=O)N(c3ccccc3)N=C2C(F)(F)F)cc1. The molecule has 0 saturated heterocycles. The van der Waals surface area contributed by atoms with Crippen LogP contribution in [0.2, 0.25) is 0 Å². The minimum absolute atomic E-state index is 0.0792. The highest BCUT2D eigenvalue weighted by Crippen LogP contribution is 2.32. The summed E-state index contributed by atoms with van der Waals surface area (Å²) in [4.78, 5) is 12.6. The van der Waals surface area contributed by atoms with Crippen LogP contribution < -0.4 is 9.75 Å². The number of nitrogens with zero attached hydrogens (tertiary/aromatic N) is 2. The van der Waals surface area contributed by atoms with E-state index in [-0.39, 0.29) is 12.3 Å². The van der Waals surface area contributed by atoms with Gasteiger partial charge in [-0.3, -0.25) is 4.79 Å². The third kappa shape index (κ3) is 4.01. The van der Waals surface area contributed by atoms with Gasteiger partial charge >= 0.3 is 6.18 Å². The maximum atomic E-state index is 13.4. The number of alkyl halides is 3. The molecule has 0 fully saturated rings. The van der Waals surface area contributed by atoms with Gasteiger partial charge in [-0.15, -0.1) is 6.42 Å². The lowest BCUT2D eigenvalue weighted by Crippen LogP contribution is -2.25. The van der Waals surface area contributed by atoms with Crippen LogP contribution in [0.1, 0.15) is 5.56 Å². The van der Waals surface area contributed by atoms with E-state index in [4.69, 9.17) is 11.2 Å². The van der Waals surface area contributed by atoms with Gasteiger partial charge in [0.2, 0.25) is 0 Å². The van der Waals surface area contributed by atoms with Crippen molar-refractivity contribution in [1.82, 2.24) is 0 Å². The van der Waals surface area contributed by atoms with Gasteiger partial charge in [0.25, 0.3) is 5.91 Å². The molecule has 0 N–H and O–H groups in total. The maximum absolute atomic E-state index is 13.4. The lowest BCUT2D eigenvalue weighted by Gasteiger charge is -2.10. The average Bonchev–Trinajstić information content (AvgIpc) is 2.99. The number of para-hydroxylation sites is 1. The fourth-order valence-corrected chi connectivity index (χ4v) is 2.45. The summed E-state index contributed by atoms with van der Waals surface area (Å²) in [5, 5.41) is 4.26. The molecule has 2 aromatic carbocycles.